The second kappa shape index (κ2) is 14.9. The number of benzene rings is 3. The van der Waals surface area contributed by atoms with Gasteiger partial charge in [-0.1, -0.05) is 78.9 Å². The Morgan fingerprint density at radius 1 is 0.913 bits per heavy atom. The van der Waals surface area contributed by atoms with E-state index in [1.165, 1.54) is 11.8 Å². The first-order chi connectivity index (χ1) is 22.3. The monoisotopic (exact) mass is 643 g/mol. The summed E-state index contributed by atoms with van der Waals surface area (Å²) in [6, 6.07) is 24.9. The smallest absolute Gasteiger partial charge is 0.352 e. The lowest BCUT2D eigenvalue weighted by atomic mass is 10.0. The second-order valence-electron chi connectivity index (χ2n) is 10.8. The fourth-order valence-corrected chi connectivity index (χ4v) is 6.71. The Hall–Kier alpha value is -4.94. The molecule has 0 bridgehead atoms. The standard InChI is InChI=1S/C34H33N3O8S/c38-19-24-20-46-32-27(31(41)37(32)28(24)33(42)43)36-26(39)18-10-17-25(35-30(40)23-15-8-3-9-16-23)34(44)45-29(21-11-4-1-5-12-21)22-13-6-2-7-14-22/h1-9,11-16,25,27,29,32,38H,10,17-20H2,(H,35,40)(H,36,39)(H,42,43)/t25?,27?,32-/m0/s1. The van der Waals surface area contributed by atoms with Gasteiger partial charge >= 0.3 is 11.9 Å². The van der Waals surface area contributed by atoms with Crippen LogP contribution in [0.5, 0.6) is 0 Å². The third-order valence-corrected chi connectivity index (χ3v) is 9.06. The van der Waals surface area contributed by atoms with Gasteiger partial charge in [-0.25, -0.2) is 9.59 Å². The molecule has 3 aromatic rings. The van der Waals surface area contributed by atoms with E-state index < -0.39 is 59.8 Å². The topological polar surface area (TPSA) is 162 Å². The lowest BCUT2D eigenvalue weighted by Gasteiger charge is -2.49. The first-order valence-electron chi connectivity index (χ1n) is 14.7. The highest BCUT2D eigenvalue weighted by atomic mass is 32.2. The summed E-state index contributed by atoms with van der Waals surface area (Å²) in [6.07, 6.45) is -0.531. The van der Waals surface area contributed by atoms with E-state index in [4.69, 9.17) is 4.74 Å². The summed E-state index contributed by atoms with van der Waals surface area (Å²) in [6.45, 7) is -0.482. The van der Waals surface area contributed by atoms with Gasteiger partial charge in [-0.15, -0.1) is 11.8 Å². The molecule has 11 nitrogen and oxygen atoms in total. The molecule has 0 aromatic heterocycles. The Morgan fingerprint density at radius 3 is 2.07 bits per heavy atom. The van der Waals surface area contributed by atoms with Gasteiger partial charge < -0.3 is 25.6 Å². The molecule has 3 aromatic carbocycles. The number of carboxylic acids is 1. The van der Waals surface area contributed by atoms with E-state index in [-0.39, 0.29) is 36.3 Å². The number of hydrogen-bond acceptors (Lipinski definition) is 8. The number of aliphatic carboxylic acids is 1. The highest BCUT2D eigenvalue weighted by molar-refractivity contribution is 8.00. The van der Waals surface area contributed by atoms with E-state index in [0.717, 1.165) is 16.0 Å². The van der Waals surface area contributed by atoms with Crippen LogP contribution in [0.15, 0.2) is 102 Å². The van der Waals surface area contributed by atoms with Crippen molar-refractivity contribution in [3.05, 3.63) is 119 Å². The number of nitrogens with zero attached hydrogens (tertiary/aromatic N) is 1. The number of hydrogen-bond donors (Lipinski definition) is 4. The first kappa shape index (κ1) is 32.5. The van der Waals surface area contributed by atoms with Gasteiger partial charge in [0, 0.05) is 17.7 Å². The molecule has 1 saturated heterocycles. The highest BCUT2D eigenvalue weighted by Crippen LogP contribution is 2.40. The minimum atomic E-state index is -1.32. The number of carbonyl (C=O) groups excluding carboxylic acids is 4. The van der Waals surface area contributed by atoms with Crippen LogP contribution in [0.25, 0.3) is 0 Å². The summed E-state index contributed by atoms with van der Waals surface area (Å²) < 4.78 is 6.01. The molecule has 46 heavy (non-hydrogen) atoms. The number of thioether (sulfide) groups is 1. The third-order valence-electron chi connectivity index (χ3n) is 7.72. The summed E-state index contributed by atoms with van der Waals surface area (Å²) in [5, 5.41) is 23.9. The Balaban J connectivity index is 1.25. The Bertz CT molecular complexity index is 1580. The molecule has 3 amide bonds. The van der Waals surface area contributed by atoms with Crippen LogP contribution in [0.3, 0.4) is 0 Å². The predicted molar refractivity (Wildman–Crippen MR) is 169 cm³/mol. The van der Waals surface area contributed by atoms with Crippen LogP contribution in [0.2, 0.25) is 0 Å². The van der Waals surface area contributed by atoms with Crippen LogP contribution >= 0.6 is 11.8 Å². The van der Waals surface area contributed by atoms with Crippen molar-refractivity contribution >= 4 is 41.4 Å². The first-order valence-corrected chi connectivity index (χ1v) is 15.8. The molecule has 238 valence electrons. The van der Waals surface area contributed by atoms with Gasteiger partial charge in [-0.2, -0.15) is 0 Å². The summed E-state index contributed by atoms with van der Waals surface area (Å²) >= 11 is 1.26. The van der Waals surface area contributed by atoms with Gasteiger partial charge in [-0.3, -0.25) is 19.3 Å². The Morgan fingerprint density at radius 2 is 1.50 bits per heavy atom. The van der Waals surface area contributed by atoms with Crippen molar-refractivity contribution in [2.24, 2.45) is 0 Å². The molecule has 5 rings (SSSR count). The van der Waals surface area contributed by atoms with Crippen molar-refractivity contribution in [3.63, 3.8) is 0 Å². The van der Waals surface area contributed by atoms with Crippen molar-refractivity contribution in [1.29, 1.82) is 0 Å². The normalized spacial score (nSPS) is 17.9. The van der Waals surface area contributed by atoms with Crippen LogP contribution in [0, 0.1) is 0 Å². The summed E-state index contributed by atoms with van der Waals surface area (Å²) in [5.74, 6) is -3.26. The molecule has 3 atom stereocenters. The number of rotatable bonds is 13. The highest BCUT2D eigenvalue weighted by Gasteiger charge is 2.54. The molecular weight excluding hydrogens is 610 g/mol. The Kier molecular flexibility index (Phi) is 10.5. The van der Waals surface area contributed by atoms with Crippen LogP contribution in [0.4, 0.5) is 0 Å². The predicted octanol–water partition coefficient (Wildman–Crippen LogP) is 3.02. The SMILES string of the molecule is O=C(CCCC(NC(=O)c1ccccc1)C(=O)OC(c1ccccc1)c1ccccc1)NC1C(=O)N2C(C(=O)O)=C(CO)CS[C@@H]12. The van der Waals surface area contributed by atoms with Crippen LogP contribution in [-0.4, -0.2) is 74.6 Å². The maximum absolute atomic E-state index is 13.7. The van der Waals surface area contributed by atoms with Crippen molar-refractivity contribution in [3.8, 4) is 0 Å². The van der Waals surface area contributed by atoms with E-state index in [9.17, 15) is 34.2 Å². The van der Waals surface area contributed by atoms with Crippen molar-refractivity contribution in [2.75, 3.05) is 12.4 Å². The van der Waals surface area contributed by atoms with Crippen molar-refractivity contribution in [1.82, 2.24) is 15.5 Å². The summed E-state index contributed by atoms with van der Waals surface area (Å²) in [4.78, 5) is 65.2. The van der Waals surface area contributed by atoms with Gasteiger partial charge in [0.25, 0.3) is 11.8 Å². The van der Waals surface area contributed by atoms with Gasteiger partial charge in [0.1, 0.15) is 23.2 Å². The molecule has 4 N–H and O–H groups in total. The average Bonchev–Trinajstić information content (AvgIpc) is 3.09. The lowest BCUT2D eigenvalue weighted by Crippen LogP contribution is -2.70. The van der Waals surface area contributed by atoms with Crippen molar-refractivity contribution < 1.29 is 38.9 Å². The molecule has 1 fully saturated rings. The average molecular weight is 644 g/mol. The molecule has 2 unspecified atom stereocenters. The number of nitrogens with one attached hydrogen (secondary N) is 2. The van der Waals surface area contributed by atoms with Crippen LogP contribution in [-0.2, 0) is 23.9 Å². The Labute approximate surface area is 269 Å². The van der Waals surface area contributed by atoms with Crippen LogP contribution in [0.1, 0.15) is 46.9 Å². The second-order valence-corrected chi connectivity index (χ2v) is 11.9. The third kappa shape index (κ3) is 7.30. The largest absolute Gasteiger partial charge is 0.477 e. The molecule has 0 spiro atoms. The summed E-state index contributed by atoms with van der Waals surface area (Å²) in [7, 11) is 0. The number of aliphatic hydroxyl groups is 1. The number of esters is 1. The van der Waals surface area contributed by atoms with E-state index in [0.29, 0.717) is 5.56 Å². The van der Waals surface area contributed by atoms with Gasteiger partial charge in [0.15, 0.2) is 6.10 Å². The quantitative estimate of drug-likeness (QED) is 0.162. The van der Waals surface area contributed by atoms with Gasteiger partial charge in [0.05, 0.1) is 6.61 Å². The molecule has 12 heteroatoms. The maximum Gasteiger partial charge on any atom is 0.352 e. The number of amides is 3. The number of ether oxygens (including phenoxy) is 1. The van der Waals surface area contributed by atoms with E-state index in [1.54, 1.807) is 30.3 Å². The van der Waals surface area contributed by atoms with E-state index in [2.05, 4.69) is 10.6 Å². The zero-order chi connectivity index (χ0) is 32.6. The molecule has 0 aliphatic carbocycles. The molecule has 0 radical (unpaired) electrons. The minimum absolute atomic E-state index is 0.0591. The number of fused-ring (bicyclic) bond motifs is 1. The number of carbonyl (C=O) groups is 5. The summed E-state index contributed by atoms with van der Waals surface area (Å²) in [5.41, 5.74) is 1.85. The van der Waals surface area contributed by atoms with Gasteiger partial charge in [-0.05, 0) is 41.7 Å². The maximum atomic E-state index is 13.7. The fraction of sp³-hybridized carbons (Fsp3) is 0.265. The van der Waals surface area contributed by atoms with E-state index >= 15 is 0 Å². The van der Waals surface area contributed by atoms with Crippen molar-refractivity contribution in [2.45, 2.75) is 42.8 Å². The number of aliphatic hydroxyl groups excluding tert-OH is 1. The fourth-order valence-electron chi connectivity index (χ4n) is 5.38. The molecule has 2 aliphatic rings. The molecule has 0 saturated carbocycles. The zero-order valence-corrected chi connectivity index (χ0v) is 25.5. The lowest BCUT2D eigenvalue weighted by molar-refractivity contribution is -0.151. The van der Waals surface area contributed by atoms with Gasteiger partial charge in [0.2, 0.25) is 5.91 Å². The zero-order valence-electron chi connectivity index (χ0n) is 24.7. The number of carboxylic acid groups (broad SMARTS) is 1. The van der Waals surface area contributed by atoms with Crippen LogP contribution < -0.4 is 10.6 Å². The molecular formula is C34H33N3O8S. The molecule has 2 heterocycles. The van der Waals surface area contributed by atoms with E-state index in [1.807, 2.05) is 60.7 Å². The number of β-lactam (4-membered cyclic amide) rings is 1. The molecule has 2 aliphatic heterocycles. The minimum Gasteiger partial charge on any atom is -0.477 e.